The zero-order valence-electron chi connectivity index (χ0n) is 10.7. The zero-order chi connectivity index (χ0) is 12.6. The summed E-state index contributed by atoms with van der Waals surface area (Å²) in [6.45, 7) is 2.66. The van der Waals surface area contributed by atoms with Crippen molar-refractivity contribution in [2.24, 2.45) is 5.92 Å². The average Bonchev–Trinajstić information content (AvgIpc) is 3.18. The van der Waals surface area contributed by atoms with Crippen LogP contribution < -0.4 is 5.32 Å². The highest BCUT2D eigenvalue weighted by atomic mass is 16.5. The number of nitriles is 1. The molecule has 0 saturated heterocycles. The molecule has 1 atom stereocenters. The molecule has 5 heteroatoms. The van der Waals surface area contributed by atoms with Crippen molar-refractivity contribution < 1.29 is 14.2 Å². The van der Waals surface area contributed by atoms with Gasteiger partial charge in [0.15, 0.2) is 0 Å². The second-order valence-corrected chi connectivity index (χ2v) is 4.27. The van der Waals surface area contributed by atoms with E-state index < -0.39 is 5.54 Å². The fourth-order valence-corrected chi connectivity index (χ4v) is 1.75. The van der Waals surface area contributed by atoms with Crippen LogP contribution in [0.5, 0.6) is 0 Å². The van der Waals surface area contributed by atoms with Gasteiger partial charge >= 0.3 is 0 Å². The number of nitrogens with zero attached hydrogens (tertiary/aromatic N) is 1. The Bertz CT molecular complexity index is 251. The molecule has 0 radical (unpaired) electrons. The van der Waals surface area contributed by atoms with Crippen molar-refractivity contribution in [1.29, 1.82) is 5.26 Å². The third kappa shape index (κ3) is 4.60. The lowest BCUT2D eigenvalue weighted by Gasteiger charge is -2.25. The Labute approximate surface area is 103 Å². The molecule has 1 N–H and O–H groups in total. The van der Waals surface area contributed by atoms with E-state index >= 15 is 0 Å². The lowest BCUT2D eigenvalue weighted by molar-refractivity contribution is 0.0113. The van der Waals surface area contributed by atoms with Gasteiger partial charge in [0.2, 0.25) is 0 Å². The molecule has 0 amide bonds. The first-order valence-electron chi connectivity index (χ1n) is 6.03. The zero-order valence-corrected chi connectivity index (χ0v) is 10.7. The standard InChI is InChI=1S/C12H22N2O3/c1-14-12(9-13,11-3-4-11)10-17-8-7-16-6-5-15-2/h11,14H,3-8,10H2,1-2H3. The van der Waals surface area contributed by atoms with E-state index in [9.17, 15) is 5.26 Å². The van der Waals surface area contributed by atoms with Crippen LogP contribution in [0.2, 0.25) is 0 Å². The van der Waals surface area contributed by atoms with Gasteiger partial charge in [-0.05, 0) is 25.8 Å². The van der Waals surface area contributed by atoms with Crippen LogP contribution in [0.25, 0.3) is 0 Å². The smallest absolute Gasteiger partial charge is 0.132 e. The van der Waals surface area contributed by atoms with Crippen LogP contribution in [-0.2, 0) is 14.2 Å². The maximum absolute atomic E-state index is 9.22. The second kappa shape index (κ2) is 7.62. The minimum Gasteiger partial charge on any atom is -0.382 e. The number of ether oxygens (including phenoxy) is 3. The van der Waals surface area contributed by atoms with Crippen LogP contribution in [0.4, 0.5) is 0 Å². The van der Waals surface area contributed by atoms with Crippen LogP contribution in [0, 0.1) is 17.2 Å². The van der Waals surface area contributed by atoms with E-state index in [4.69, 9.17) is 14.2 Å². The number of hydrogen-bond donors (Lipinski definition) is 1. The molecule has 5 nitrogen and oxygen atoms in total. The van der Waals surface area contributed by atoms with Gasteiger partial charge in [-0.3, -0.25) is 0 Å². The molecule has 17 heavy (non-hydrogen) atoms. The van der Waals surface area contributed by atoms with Crippen molar-refractivity contribution in [3.63, 3.8) is 0 Å². The highest BCUT2D eigenvalue weighted by Gasteiger charge is 2.44. The van der Waals surface area contributed by atoms with Crippen molar-refractivity contribution in [2.75, 3.05) is 47.2 Å². The van der Waals surface area contributed by atoms with Crippen LogP contribution in [0.1, 0.15) is 12.8 Å². The van der Waals surface area contributed by atoms with Crippen molar-refractivity contribution in [1.82, 2.24) is 5.32 Å². The van der Waals surface area contributed by atoms with Crippen molar-refractivity contribution in [3.8, 4) is 6.07 Å². The highest BCUT2D eigenvalue weighted by molar-refractivity contribution is 5.14. The molecule has 1 aliphatic carbocycles. The summed E-state index contributed by atoms with van der Waals surface area (Å²) < 4.78 is 15.6. The Hall–Kier alpha value is -0.670. The highest BCUT2D eigenvalue weighted by Crippen LogP contribution is 2.39. The molecule has 0 aromatic carbocycles. The maximum Gasteiger partial charge on any atom is 0.132 e. The monoisotopic (exact) mass is 242 g/mol. The molecule has 0 bridgehead atoms. The summed E-state index contributed by atoms with van der Waals surface area (Å²) in [4.78, 5) is 0. The molecular formula is C12H22N2O3. The van der Waals surface area contributed by atoms with E-state index in [2.05, 4.69) is 11.4 Å². The molecule has 0 heterocycles. The molecule has 1 aliphatic rings. The Balaban J connectivity index is 2.09. The predicted molar refractivity (Wildman–Crippen MR) is 63.6 cm³/mol. The number of methoxy groups -OCH3 is 1. The summed E-state index contributed by atoms with van der Waals surface area (Å²) in [5.74, 6) is 0.437. The Morgan fingerprint density at radius 2 is 1.88 bits per heavy atom. The second-order valence-electron chi connectivity index (χ2n) is 4.27. The average molecular weight is 242 g/mol. The Morgan fingerprint density at radius 1 is 1.24 bits per heavy atom. The van der Waals surface area contributed by atoms with Gasteiger partial charge in [0.25, 0.3) is 0 Å². The normalized spacial score (nSPS) is 18.6. The van der Waals surface area contributed by atoms with E-state index in [0.717, 1.165) is 12.8 Å². The van der Waals surface area contributed by atoms with Crippen molar-refractivity contribution >= 4 is 0 Å². The number of rotatable bonds is 10. The molecule has 0 aliphatic heterocycles. The molecule has 1 unspecified atom stereocenters. The largest absolute Gasteiger partial charge is 0.382 e. The number of hydrogen-bond acceptors (Lipinski definition) is 5. The van der Waals surface area contributed by atoms with Crippen LogP contribution >= 0.6 is 0 Å². The fourth-order valence-electron chi connectivity index (χ4n) is 1.75. The van der Waals surface area contributed by atoms with E-state index in [1.807, 2.05) is 7.05 Å². The summed E-state index contributed by atoms with van der Waals surface area (Å²) in [6.07, 6.45) is 2.23. The molecule has 0 spiro atoms. The van der Waals surface area contributed by atoms with Crippen LogP contribution in [0.15, 0.2) is 0 Å². The molecule has 98 valence electrons. The lowest BCUT2D eigenvalue weighted by Crippen LogP contribution is -2.48. The minimum atomic E-state index is -0.507. The Morgan fingerprint density at radius 3 is 2.41 bits per heavy atom. The third-order valence-electron chi connectivity index (χ3n) is 3.05. The van der Waals surface area contributed by atoms with Gasteiger partial charge in [-0.25, -0.2) is 0 Å². The van der Waals surface area contributed by atoms with Gasteiger partial charge < -0.3 is 19.5 Å². The summed E-state index contributed by atoms with van der Waals surface area (Å²) in [7, 11) is 3.46. The van der Waals surface area contributed by atoms with Gasteiger partial charge in [0, 0.05) is 7.11 Å². The van der Waals surface area contributed by atoms with Crippen molar-refractivity contribution in [2.45, 2.75) is 18.4 Å². The quantitative estimate of drug-likeness (QED) is 0.567. The predicted octanol–water partition coefficient (Wildman–Crippen LogP) is 0.558. The molecule has 0 aromatic heterocycles. The first kappa shape index (κ1) is 14.4. The summed E-state index contributed by atoms with van der Waals surface area (Å²) in [5, 5.41) is 12.3. The van der Waals surface area contributed by atoms with Crippen LogP contribution in [-0.4, -0.2) is 52.7 Å². The van der Waals surface area contributed by atoms with E-state index in [0.29, 0.717) is 39.0 Å². The first-order valence-corrected chi connectivity index (χ1v) is 6.03. The number of likely N-dealkylation sites (N-methyl/N-ethyl adjacent to an activating group) is 1. The lowest BCUT2D eigenvalue weighted by atomic mass is 9.97. The molecule has 1 rings (SSSR count). The third-order valence-corrected chi connectivity index (χ3v) is 3.05. The maximum atomic E-state index is 9.22. The van der Waals surface area contributed by atoms with Gasteiger partial charge in [-0.2, -0.15) is 5.26 Å². The van der Waals surface area contributed by atoms with E-state index in [1.165, 1.54) is 0 Å². The van der Waals surface area contributed by atoms with Gasteiger partial charge in [0.05, 0.1) is 39.1 Å². The molecule has 1 fully saturated rings. The number of nitrogens with one attached hydrogen (secondary N) is 1. The molecular weight excluding hydrogens is 220 g/mol. The van der Waals surface area contributed by atoms with E-state index in [-0.39, 0.29) is 0 Å². The molecule has 1 saturated carbocycles. The minimum absolute atomic E-state index is 0.429. The first-order chi connectivity index (χ1) is 8.29. The topological polar surface area (TPSA) is 63.5 Å². The van der Waals surface area contributed by atoms with Crippen LogP contribution in [0.3, 0.4) is 0 Å². The fraction of sp³-hybridized carbons (Fsp3) is 0.917. The summed E-state index contributed by atoms with van der Waals surface area (Å²) in [6, 6.07) is 2.34. The van der Waals surface area contributed by atoms with Gasteiger partial charge in [-0.15, -0.1) is 0 Å². The summed E-state index contributed by atoms with van der Waals surface area (Å²) in [5.41, 5.74) is -0.507. The van der Waals surface area contributed by atoms with Gasteiger partial charge in [-0.1, -0.05) is 0 Å². The van der Waals surface area contributed by atoms with Crippen molar-refractivity contribution in [3.05, 3.63) is 0 Å². The Kier molecular flexibility index (Phi) is 6.45. The van der Waals surface area contributed by atoms with E-state index in [1.54, 1.807) is 7.11 Å². The summed E-state index contributed by atoms with van der Waals surface area (Å²) >= 11 is 0. The van der Waals surface area contributed by atoms with Gasteiger partial charge in [0.1, 0.15) is 5.54 Å². The molecule has 0 aromatic rings. The SMILES string of the molecule is CNC(C#N)(COCCOCCOC)C1CC1.